The molecule has 0 N–H and O–H groups in total. The van der Waals surface area contributed by atoms with Crippen molar-refractivity contribution in [1.29, 1.82) is 0 Å². The number of ether oxygens (including phenoxy) is 1. The van der Waals surface area contributed by atoms with E-state index in [1.807, 2.05) is 121 Å². The number of hydrogen-bond donors (Lipinski definition) is 0. The molecule has 200 valence electrons. The summed E-state index contributed by atoms with van der Waals surface area (Å²) in [7, 11) is -4.01. The van der Waals surface area contributed by atoms with Gasteiger partial charge in [0.25, 0.3) is 0 Å². The lowest BCUT2D eigenvalue weighted by Gasteiger charge is -2.44. The SMILES string of the molecule is O=S1(=O)c2ccccc2C2(c3ccccc3Oc3ccccc32)c2ncc3c4ccccc4n(-c4ccccc4)c3c21. The third kappa shape index (κ3) is 2.77. The molecule has 0 saturated carbocycles. The van der Waals surface area contributed by atoms with E-state index in [4.69, 9.17) is 9.72 Å². The molecule has 0 fully saturated rings. The van der Waals surface area contributed by atoms with Gasteiger partial charge in [-0.15, -0.1) is 0 Å². The van der Waals surface area contributed by atoms with Gasteiger partial charge in [-0.05, 0) is 42.0 Å². The fraction of sp³-hybridized carbons (Fsp3) is 0.0278. The summed E-state index contributed by atoms with van der Waals surface area (Å²) < 4.78 is 38.4. The highest BCUT2D eigenvalue weighted by molar-refractivity contribution is 7.92. The first-order chi connectivity index (χ1) is 20.6. The second-order valence-electron chi connectivity index (χ2n) is 10.7. The first-order valence-corrected chi connectivity index (χ1v) is 15.3. The van der Waals surface area contributed by atoms with Crippen LogP contribution in [0, 0.1) is 0 Å². The first-order valence-electron chi connectivity index (χ1n) is 13.8. The van der Waals surface area contributed by atoms with Gasteiger partial charge in [0.1, 0.15) is 16.4 Å². The highest BCUT2D eigenvalue weighted by Gasteiger charge is 2.55. The number of hydrogen-bond acceptors (Lipinski definition) is 4. The quantitative estimate of drug-likeness (QED) is 0.205. The number of nitrogens with zero attached hydrogens (tertiary/aromatic N) is 2. The summed E-state index contributed by atoms with van der Waals surface area (Å²) >= 11 is 0. The fourth-order valence-electron chi connectivity index (χ4n) is 7.07. The summed E-state index contributed by atoms with van der Waals surface area (Å²) in [6.07, 6.45) is 1.85. The minimum atomic E-state index is -4.01. The number of para-hydroxylation sites is 4. The van der Waals surface area contributed by atoms with Gasteiger partial charge in [0, 0.05) is 33.8 Å². The van der Waals surface area contributed by atoms with E-state index in [2.05, 4.69) is 4.57 Å². The van der Waals surface area contributed by atoms with Gasteiger partial charge >= 0.3 is 0 Å². The summed E-state index contributed by atoms with van der Waals surface area (Å²) in [4.78, 5) is 5.63. The lowest BCUT2D eigenvalue weighted by atomic mass is 9.65. The van der Waals surface area contributed by atoms with Gasteiger partial charge < -0.3 is 9.30 Å². The molecule has 7 aromatic rings. The molecule has 0 unspecified atom stereocenters. The van der Waals surface area contributed by atoms with E-state index in [1.165, 1.54) is 0 Å². The van der Waals surface area contributed by atoms with Gasteiger partial charge in [-0.3, -0.25) is 4.98 Å². The Balaban J connectivity index is 1.57. The van der Waals surface area contributed by atoms with Crippen LogP contribution in [-0.4, -0.2) is 18.0 Å². The van der Waals surface area contributed by atoms with E-state index in [0.717, 1.165) is 33.1 Å². The largest absolute Gasteiger partial charge is 0.457 e. The molecule has 2 aliphatic rings. The molecular weight excluding hydrogens is 540 g/mol. The Morgan fingerprint density at radius 2 is 1.21 bits per heavy atom. The number of fused-ring (bicyclic) bond motifs is 12. The Morgan fingerprint density at radius 1 is 0.619 bits per heavy atom. The normalized spacial score (nSPS) is 15.4. The lowest BCUT2D eigenvalue weighted by molar-refractivity contribution is 0.427. The second-order valence-corrected chi connectivity index (χ2v) is 12.6. The zero-order valence-corrected chi connectivity index (χ0v) is 23.0. The van der Waals surface area contributed by atoms with Crippen LogP contribution in [0.15, 0.2) is 143 Å². The van der Waals surface area contributed by atoms with E-state index in [0.29, 0.717) is 28.3 Å². The number of rotatable bonds is 1. The Kier molecular flexibility index (Phi) is 4.58. The van der Waals surface area contributed by atoms with Crippen molar-refractivity contribution in [3.63, 3.8) is 0 Å². The molecule has 2 aromatic heterocycles. The van der Waals surface area contributed by atoms with Crippen molar-refractivity contribution in [2.45, 2.75) is 15.2 Å². The fourth-order valence-corrected chi connectivity index (χ4v) is 8.98. The van der Waals surface area contributed by atoms with Crippen LogP contribution in [0.2, 0.25) is 0 Å². The van der Waals surface area contributed by atoms with Gasteiger partial charge in [0.2, 0.25) is 9.84 Å². The molecule has 6 heteroatoms. The van der Waals surface area contributed by atoms with Gasteiger partial charge in [-0.25, -0.2) is 8.42 Å². The lowest BCUT2D eigenvalue weighted by Crippen LogP contribution is -2.40. The highest BCUT2D eigenvalue weighted by atomic mass is 32.2. The zero-order chi connectivity index (χ0) is 28.1. The molecule has 0 saturated heterocycles. The van der Waals surface area contributed by atoms with E-state index in [9.17, 15) is 8.42 Å². The average Bonchev–Trinajstić information content (AvgIpc) is 3.38. The Labute approximate surface area is 242 Å². The molecule has 0 aliphatic carbocycles. The van der Waals surface area contributed by atoms with Crippen molar-refractivity contribution in [2.75, 3.05) is 0 Å². The van der Waals surface area contributed by atoms with Crippen LogP contribution in [0.3, 0.4) is 0 Å². The maximum atomic E-state index is 14.9. The molecule has 0 amide bonds. The predicted octanol–water partition coefficient (Wildman–Crippen LogP) is 7.81. The molecule has 0 radical (unpaired) electrons. The van der Waals surface area contributed by atoms with Crippen molar-refractivity contribution in [3.8, 4) is 17.2 Å². The van der Waals surface area contributed by atoms with Gasteiger partial charge in [-0.1, -0.05) is 91.0 Å². The number of aromatic nitrogens is 2. The van der Waals surface area contributed by atoms with E-state index >= 15 is 0 Å². The number of pyridine rings is 1. The van der Waals surface area contributed by atoms with Crippen molar-refractivity contribution in [3.05, 3.63) is 156 Å². The van der Waals surface area contributed by atoms with Crippen molar-refractivity contribution in [1.82, 2.24) is 9.55 Å². The van der Waals surface area contributed by atoms with Crippen LogP contribution in [0.25, 0.3) is 27.5 Å². The number of benzene rings is 5. The van der Waals surface area contributed by atoms with Crippen molar-refractivity contribution in [2.24, 2.45) is 0 Å². The Bertz CT molecular complexity index is 2310. The van der Waals surface area contributed by atoms with Crippen LogP contribution >= 0.6 is 0 Å². The smallest absolute Gasteiger partial charge is 0.210 e. The van der Waals surface area contributed by atoms with Gasteiger partial charge in [0.05, 0.1) is 27.0 Å². The third-order valence-corrected chi connectivity index (χ3v) is 10.5. The molecule has 1 spiro atoms. The monoisotopic (exact) mass is 562 g/mol. The summed E-state index contributed by atoms with van der Waals surface area (Å²) in [6, 6.07) is 41.1. The predicted molar refractivity (Wildman–Crippen MR) is 162 cm³/mol. The Morgan fingerprint density at radius 3 is 1.95 bits per heavy atom. The molecular formula is C36H22N2O3S. The molecule has 2 aliphatic heterocycles. The summed E-state index contributed by atoms with van der Waals surface area (Å²) in [5.41, 5.74) is 4.30. The maximum Gasteiger partial charge on any atom is 0.210 e. The van der Waals surface area contributed by atoms with Crippen LogP contribution in [-0.2, 0) is 15.3 Å². The standard InChI is InChI=1S/C36H22N2O3S/c39-42(40)32-21-11-7-17-28(32)36(26-15-5-9-19-30(26)41-31-20-10-6-16-27(31)36)35-34(42)33-25(22-37-35)24-14-4-8-18-29(24)38(33)23-12-2-1-3-13-23/h1-22H. The van der Waals surface area contributed by atoms with Crippen molar-refractivity contribution < 1.29 is 13.2 Å². The van der Waals surface area contributed by atoms with Crippen LogP contribution in [0.5, 0.6) is 11.5 Å². The number of sulfone groups is 1. The topological polar surface area (TPSA) is 61.2 Å². The molecule has 4 heterocycles. The molecule has 42 heavy (non-hydrogen) atoms. The average molecular weight is 563 g/mol. The Hall–Kier alpha value is -5.20. The minimum absolute atomic E-state index is 0.227. The molecule has 0 bridgehead atoms. The summed E-state index contributed by atoms with van der Waals surface area (Å²) in [5, 5.41) is 1.74. The van der Waals surface area contributed by atoms with Gasteiger partial charge in [0.15, 0.2) is 0 Å². The highest BCUT2D eigenvalue weighted by Crippen LogP contribution is 2.60. The molecule has 5 aromatic carbocycles. The van der Waals surface area contributed by atoms with E-state index in [-0.39, 0.29) is 9.79 Å². The first kappa shape index (κ1) is 23.5. The molecule has 5 nitrogen and oxygen atoms in total. The summed E-state index contributed by atoms with van der Waals surface area (Å²) in [5.74, 6) is 1.36. The van der Waals surface area contributed by atoms with E-state index < -0.39 is 15.3 Å². The minimum Gasteiger partial charge on any atom is -0.457 e. The molecule has 9 rings (SSSR count). The molecule has 0 atom stereocenters. The third-order valence-electron chi connectivity index (χ3n) is 8.69. The maximum absolute atomic E-state index is 14.9. The zero-order valence-electron chi connectivity index (χ0n) is 22.2. The van der Waals surface area contributed by atoms with Gasteiger partial charge in [-0.2, -0.15) is 0 Å². The van der Waals surface area contributed by atoms with Crippen LogP contribution in [0.1, 0.15) is 22.4 Å². The van der Waals surface area contributed by atoms with Crippen molar-refractivity contribution >= 4 is 31.6 Å². The van der Waals surface area contributed by atoms with Crippen LogP contribution < -0.4 is 4.74 Å². The second kappa shape index (κ2) is 8.18. The van der Waals surface area contributed by atoms with E-state index in [1.54, 1.807) is 12.1 Å². The van der Waals surface area contributed by atoms with Crippen LogP contribution in [0.4, 0.5) is 0 Å². The summed E-state index contributed by atoms with van der Waals surface area (Å²) in [6.45, 7) is 0.